The number of hydrogen-bond acceptors (Lipinski definition) is 3. The van der Waals surface area contributed by atoms with Crippen LogP contribution in [0.5, 0.6) is 0 Å². The maximum atomic E-state index is 11.2. The zero-order valence-electron chi connectivity index (χ0n) is 13.9. The lowest BCUT2D eigenvalue weighted by molar-refractivity contribution is -0.0601. The summed E-state index contributed by atoms with van der Waals surface area (Å²) >= 11 is 0. The van der Waals surface area contributed by atoms with Gasteiger partial charge < -0.3 is 14.4 Å². The number of hydrogen-bond donors (Lipinski definition) is 1. The molecule has 1 saturated heterocycles. The lowest BCUT2D eigenvalue weighted by Gasteiger charge is -2.42. The predicted octanol–water partition coefficient (Wildman–Crippen LogP) is 3.24. The Hall–Kier alpha value is -1.33. The van der Waals surface area contributed by atoms with Gasteiger partial charge in [-0.3, -0.25) is 0 Å². The van der Waals surface area contributed by atoms with Gasteiger partial charge in [0.2, 0.25) is 0 Å². The molecule has 0 unspecified atom stereocenters. The first-order chi connectivity index (χ1) is 10.5. The summed E-state index contributed by atoms with van der Waals surface area (Å²) in [5.41, 5.74) is 0.393. The second kappa shape index (κ2) is 6.43. The first-order valence-corrected chi connectivity index (χ1v) is 8.16. The monoisotopic (exact) mass is 304 g/mol. The van der Waals surface area contributed by atoms with Crippen LogP contribution in [0.1, 0.15) is 63.7 Å². The van der Waals surface area contributed by atoms with Crippen molar-refractivity contribution in [3.63, 3.8) is 0 Å². The zero-order valence-corrected chi connectivity index (χ0v) is 13.9. The summed E-state index contributed by atoms with van der Waals surface area (Å²) in [7, 11) is -0.501. The minimum absolute atomic E-state index is 0.258. The van der Waals surface area contributed by atoms with Crippen molar-refractivity contribution in [3.05, 3.63) is 29.8 Å². The predicted molar refractivity (Wildman–Crippen MR) is 87.6 cm³/mol. The van der Waals surface area contributed by atoms with Gasteiger partial charge in [0.1, 0.15) is 0 Å². The Labute approximate surface area is 133 Å². The van der Waals surface area contributed by atoms with E-state index in [-0.39, 0.29) is 16.8 Å². The Kier molecular flexibility index (Phi) is 4.98. The minimum Gasteiger partial charge on any atom is -0.478 e. The van der Waals surface area contributed by atoms with Crippen LogP contribution < -0.4 is 5.46 Å². The molecule has 4 nitrogen and oxygen atoms in total. The lowest BCUT2D eigenvalue weighted by Crippen LogP contribution is -2.50. The van der Waals surface area contributed by atoms with Crippen LogP contribution in [0.15, 0.2) is 24.3 Å². The number of benzene rings is 1. The van der Waals surface area contributed by atoms with Crippen LogP contribution in [0.3, 0.4) is 0 Å². The Morgan fingerprint density at radius 1 is 1.05 bits per heavy atom. The molecular weight excluding hydrogens is 279 g/mol. The highest BCUT2D eigenvalue weighted by Crippen LogP contribution is 2.46. The Bertz CT molecular complexity index is 515. The standard InChI is InChI=1S/C17H25BO4/c1-5-16(6-2)17(7-3,8-4)22-18(21-16)14-11-9-10-13(12-14)15(19)20/h9-12H,5-8H2,1-4H3,(H,19,20). The topological polar surface area (TPSA) is 55.8 Å². The molecule has 1 aliphatic heterocycles. The van der Waals surface area contributed by atoms with Crippen molar-refractivity contribution in [1.29, 1.82) is 0 Å². The van der Waals surface area contributed by atoms with Crippen LogP contribution in [0, 0.1) is 0 Å². The van der Waals surface area contributed by atoms with Crippen molar-refractivity contribution in [2.24, 2.45) is 0 Å². The van der Waals surface area contributed by atoms with Crippen LogP contribution in [0.4, 0.5) is 0 Å². The molecule has 5 heteroatoms. The number of carboxylic acids is 1. The van der Waals surface area contributed by atoms with Crippen molar-refractivity contribution in [3.8, 4) is 0 Å². The summed E-state index contributed by atoms with van der Waals surface area (Å²) in [4.78, 5) is 11.2. The molecule has 1 aliphatic rings. The van der Waals surface area contributed by atoms with Gasteiger partial charge in [0.25, 0.3) is 0 Å². The molecule has 0 radical (unpaired) electrons. The molecule has 2 rings (SSSR count). The van der Waals surface area contributed by atoms with E-state index in [2.05, 4.69) is 27.7 Å². The summed E-state index contributed by atoms with van der Waals surface area (Å²) in [6.07, 6.45) is 3.50. The highest BCUT2D eigenvalue weighted by atomic mass is 16.7. The van der Waals surface area contributed by atoms with E-state index in [1.807, 2.05) is 6.07 Å². The van der Waals surface area contributed by atoms with Crippen molar-refractivity contribution in [1.82, 2.24) is 0 Å². The molecule has 1 fully saturated rings. The Balaban J connectivity index is 2.39. The van der Waals surface area contributed by atoms with Gasteiger partial charge in [-0.2, -0.15) is 0 Å². The molecule has 0 bridgehead atoms. The third-order valence-corrected chi connectivity index (χ3v) is 5.19. The molecule has 0 saturated carbocycles. The zero-order chi connectivity index (χ0) is 16.4. The van der Waals surface area contributed by atoms with Gasteiger partial charge in [-0.25, -0.2) is 4.79 Å². The SMILES string of the molecule is CCC1(CC)OB(c2cccc(C(=O)O)c2)OC1(CC)CC. The molecule has 0 amide bonds. The van der Waals surface area contributed by atoms with Gasteiger partial charge in [-0.1, -0.05) is 39.8 Å². The fourth-order valence-corrected chi connectivity index (χ4v) is 3.73. The van der Waals surface area contributed by atoms with Gasteiger partial charge in [0, 0.05) is 0 Å². The summed E-state index contributed by atoms with van der Waals surface area (Å²) < 4.78 is 12.7. The Morgan fingerprint density at radius 3 is 1.95 bits per heavy atom. The maximum absolute atomic E-state index is 11.2. The quantitative estimate of drug-likeness (QED) is 0.820. The number of carboxylic acid groups (broad SMARTS) is 1. The van der Waals surface area contributed by atoms with Crippen molar-refractivity contribution < 1.29 is 19.2 Å². The fraction of sp³-hybridized carbons (Fsp3) is 0.588. The summed E-state index contributed by atoms with van der Waals surface area (Å²) in [6, 6.07) is 6.84. The molecule has 1 N–H and O–H groups in total. The van der Waals surface area contributed by atoms with E-state index in [1.165, 1.54) is 0 Å². The molecule has 0 spiro atoms. The third-order valence-electron chi connectivity index (χ3n) is 5.19. The average molecular weight is 304 g/mol. The molecule has 0 aliphatic carbocycles. The molecule has 1 aromatic carbocycles. The first-order valence-electron chi connectivity index (χ1n) is 8.16. The third kappa shape index (κ3) is 2.57. The number of rotatable bonds is 6. The molecular formula is C17H25BO4. The summed E-state index contributed by atoms with van der Waals surface area (Å²) in [5, 5.41) is 9.16. The van der Waals surface area contributed by atoms with Crippen LogP contribution in [0.25, 0.3) is 0 Å². The van der Waals surface area contributed by atoms with E-state index in [9.17, 15) is 4.79 Å². The van der Waals surface area contributed by atoms with E-state index in [0.717, 1.165) is 31.1 Å². The van der Waals surface area contributed by atoms with E-state index in [0.29, 0.717) is 0 Å². The number of aromatic carboxylic acids is 1. The highest BCUT2D eigenvalue weighted by molar-refractivity contribution is 6.62. The van der Waals surface area contributed by atoms with Gasteiger partial charge in [0.05, 0.1) is 16.8 Å². The van der Waals surface area contributed by atoms with Crippen LogP contribution in [0.2, 0.25) is 0 Å². The highest BCUT2D eigenvalue weighted by Gasteiger charge is 2.58. The van der Waals surface area contributed by atoms with Crippen LogP contribution in [-0.4, -0.2) is 29.4 Å². The normalized spacial score (nSPS) is 19.4. The summed E-state index contributed by atoms with van der Waals surface area (Å²) in [5.74, 6) is -0.936. The van der Waals surface area contributed by atoms with E-state index < -0.39 is 13.1 Å². The van der Waals surface area contributed by atoms with Gasteiger partial charge in [-0.15, -0.1) is 0 Å². The summed E-state index contributed by atoms with van der Waals surface area (Å²) in [6.45, 7) is 8.51. The molecule has 0 aromatic heterocycles. The van der Waals surface area contributed by atoms with Gasteiger partial charge >= 0.3 is 13.1 Å². The maximum Gasteiger partial charge on any atom is 0.494 e. The van der Waals surface area contributed by atoms with E-state index in [1.54, 1.807) is 18.2 Å². The second-order valence-corrected chi connectivity index (χ2v) is 5.90. The van der Waals surface area contributed by atoms with Gasteiger partial charge in [0.15, 0.2) is 0 Å². The van der Waals surface area contributed by atoms with Crippen molar-refractivity contribution in [2.45, 2.75) is 64.6 Å². The largest absolute Gasteiger partial charge is 0.494 e. The second-order valence-electron chi connectivity index (χ2n) is 5.90. The smallest absolute Gasteiger partial charge is 0.478 e. The molecule has 22 heavy (non-hydrogen) atoms. The van der Waals surface area contributed by atoms with Crippen LogP contribution in [-0.2, 0) is 9.31 Å². The molecule has 1 aromatic rings. The lowest BCUT2D eigenvalue weighted by atomic mass is 9.75. The molecule has 1 heterocycles. The molecule has 0 atom stereocenters. The fourth-order valence-electron chi connectivity index (χ4n) is 3.73. The van der Waals surface area contributed by atoms with Crippen LogP contribution >= 0.6 is 0 Å². The van der Waals surface area contributed by atoms with E-state index in [4.69, 9.17) is 14.4 Å². The Morgan fingerprint density at radius 2 is 1.55 bits per heavy atom. The van der Waals surface area contributed by atoms with Gasteiger partial charge in [-0.05, 0) is 43.3 Å². The first kappa shape index (κ1) is 17.0. The van der Waals surface area contributed by atoms with E-state index >= 15 is 0 Å². The van der Waals surface area contributed by atoms with Crippen molar-refractivity contribution in [2.75, 3.05) is 0 Å². The average Bonchev–Trinajstić information content (AvgIpc) is 2.90. The number of carbonyl (C=O) groups is 1. The minimum atomic E-state index is -0.936. The molecule has 120 valence electrons. The van der Waals surface area contributed by atoms with Crippen molar-refractivity contribution >= 4 is 18.6 Å².